The van der Waals surface area contributed by atoms with Crippen molar-refractivity contribution in [2.75, 3.05) is 28.8 Å². The van der Waals surface area contributed by atoms with Crippen LogP contribution in [0.1, 0.15) is 62.8 Å². The number of ether oxygens (including phenoxy) is 1. The summed E-state index contributed by atoms with van der Waals surface area (Å²) in [4.78, 5) is 41.1. The highest BCUT2D eigenvalue weighted by Crippen LogP contribution is 2.38. The number of carbonyl (C=O) groups excluding carboxylic acids is 3. The van der Waals surface area contributed by atoms with E-state index in [-0.39, 0.29) is 11.8 Å². The van der Waals surface area contributed by atoms with Gasteiger partial charge in [0.05, 0.1) is 5.69 Å². The highest BCUT2D eigenvalue weighted by Gasteiger charge is 2.31. The van der Waals surface area contributed by atoms with Gasteiger partial charge in [0.1, 0.15) is 12.1 Å². The lowest BCUT2D eigenvalue weighted by Crippen LogP contribution is -2.34. The van der Waals surface area contributed by atoms with Crippen LogP contribution in [0.2, 0.25) is 5.02 Å². The Labute approximate surface area is 244 Å². The monoisotopic (exact) mass is 579 g/mol. The number of thioether (sulfide) groups is 1. The van der Waals surface area contributed by atoms with Gasteiger partial charge in [-0.05, 0) is 98.7 Å². The molecule has 9 heteroatoms. The molecule has 3 N–H and O–H groups in total. The Morgan fingerprint density at radius 3 is 2.58 bits per heavy atom. The van der Waals surface area contributed by atoms with Crippen LogP contribution in [0.15, 0.2) is 60.7 Å². The quantitative estimate of drug-likeness (QED) is 0.303. The van der Waals surface area contributed by atoms with E-state index in [1.54, 1.807) is 59.1 Å². The van der Waals surface area contributed by atoms with Gasteiger partial charge in [0, 0.05) is 33.9 Å². The van der Waals surface area contributed by atoms with Gasteiger partial charge in [-0.2, -0.15) is 11.8 Å². The van der Waals surface area contributed by atoms with Crippen LogP contribution in [0, 0.1) is 13.8 Å². The number of rotatable bonds is 8. The zero-order valence-electron chi connectivity index (χ0n) is 22.9. The average Bonchev–Trinajstić information content (AvgIpc) is 3.10. The second kappa shape index (κ2) is 13.4. The molecule has 1 aliphatic rings. The molecule has 210 valence electrons. The zero-order chi connectivity index (χ0) is 28.8. The summed E-state index contributed by atoms with van der Waals surface area (Å²) in [6.45, 7) is 4.18. The molecule has 1 aliphatic heterocycles. The average molecular weight is 580 g/mol. The fourth-order valence-electron chi connectivity index (χ4n) is 4.82. The molecule has 3 aromatic carbocycles. The van der Waals surface area contributed by atoms with Crippen molar-refractivity contribution in [2.45, 2.75) is 45.3 Å². The third-order valence-electron chi connectivity index (χ3n) is 7.02. The molecule has 1 unspecified atom stereocenters. The summed E-state index contributed by atoms with van der Waals surface area (Å²) in [7, 11) is 0. The summed E-state index contributed by atoms with van der Waals surface area (Å²) < 4.78 is 5.86. The van der Waals surface area contributed by atoms with Crippen LogP contribution in [0.3, 0.4) is 0 Å². The fourth-order valence-corrected chi connectivity index (χ4v) is 5.49. The molecule has 0 bridgehead atoms. The van der Waals surface area contributed by atoms with E-state index < -0.39 is 18.1 Å². The normalized spacial score (nSPS) is 15.5. The number of anilines is 2. The molecule has 0 aromatic heterocycles. The molecule has 2 amide bonds. The Morgan fingerprint density at radius 1 is 1.07 bits per heavy atom. The highest BCUT2D eigenvalue weighted by molar-refractivity contribution is 7.98. The summed E-state index contributed by atoms with van der Waals surface area (Å²) in [5.41, 5.74) is 10.7. The molecular weight excluding hydrogens is 546 g/mol. The molecular formula is C31H34ClN3O4S. The minimum atomic E-state index is -0.705. The molecule has 0 saturated heterocycles. The molecule has 40 heavy (non-hydrogen) atoms. The molecule has 0 saturated carbocycles. The Bertz CT molecular complexity index is 1410. The molecule has 0 spiro atoms. The number of fused-ring (bicyclic) bond motifs is 1. The maximum atomic E-state index is 13.9. The van der Waals surface area contributed by atoms with E-state index >= 15 is 0 Å². The van der Waals surface area contributed by atoms with E-state index in [4.69, 9.17) is 22.1 Å². The van der Waals surface area contributed by atoms with Crippen molar-refractivity contribution in [3.63, 3.8) is 0 Å². The van der Waals surface area contributed by atoms with Gasteiger partial charge in [0.15, 0.2) is 0 Å². The number of esters is 1. The first kappa shape index (κ1) is 29.6. The SMILES string of the molecule is CSCC[C@H](N)C(=O)OC1CCCN(C(=O)c2ccc(NC(=O)c3ccccc3C)cc2C)c2ccc(Cl)cc21. The predicted molar refractivity (Wildman–Crippen MR) is 162 cm³/mol. The number of amides is 2. The molecule has 7 nitrogen and oxygen atoms in total. The van der Waals surface area contributed by atoms with Crippen LogP contribution in [-0.4, -0.2) is 42.4 Å². The smallest absolute Gasteiger partial charge is 0.323 e. The van der Waals surface area contributed by atoms with Crippen LogP contribution >= 0.6 is 23.4 Å². The molecule has 2 atom stereocenters. The Hall–Kier alpha value is -3.33. The number of nitrogens with one attached hydrogen (secondary N) is 1. The Morgan fingerprint density at radius 2 is 1.85 bits per heavy atom. The predicted octanol–water partition coefficient (Wildman–Crippen LogP) is 6.31. The van der Waals surface area contributed by atoms with E-state index in [9.17, 15) is 14.4 Å². The topological polar surface area (TPSA) is 102 Å². The lowest BCUT2D eigenvalue weighted by atomic mass is 10.0. The molecule has 0 fully saturated rings. The molecule has 0 radical (unpaired) electrons. The Kier molecular flexibility index (Phi) is 9.90. The number of aryl methyl sites for hydroxylation is 2. The lowest BCUT2D eigenvalue weighted by Gasteiger charge is -2.25. The van der Waals surface area contributed by atoms with E-state index in [1.165, 1.54) is 0 Å². The largest absolute Gasteiger partial charge is 0.456 e. The maximum Gasteiger partial charge on any atom is 0.323 e. The zero-order valence-corrected chi connectivity index (χ0v) is 24.5. The van der Waals surface area contributed by atoms with Gasteiger partial charge in [0.25, 0.3) is 11.8 Å². The van der Waals surface area contributed by atoms with Crippen molar-refractivity contribution in [3.05, 3.63) is 93.5 Å². The van der Waals surface area contributed by atoms with Gasteiger partial charge in [-0.25, -0.2) is 0 Å². The number of nitrogens with zero attached hydrogens (tertiary/aromatic N) is 1. The second-order valence-electron chi connectivity index (χ2n) is 9.91. The summed E-state index contributed by atoms with van der Waals surface area (Å²) in [6.07, 6.45) is 3.10. The van der Waals surface area contributed by atoms with E-state index in [0.29, 0.717) is 58.9 Å². The number of halogens is 1. The van der Waals surface area contributed by atoms with Gasteiger partial charge >= 0.3 is 5.97 Å². The number of carbonyl (C=O) groups is 3. The minimum Gasteiger partial charge on any atom is -0.456 e. The first-order valence-electron chi connectivity index (χ1n) is 13.2. The van der Waals surface area contributed by atoms with Crippen LogP contribution in [-0.2, 0) is 9.53 Å². The van der Waals surface area contributed by atoms with Gasteiger partial charge in [-0.15, -0.1) is 0 Å². The van der Waals surface area contributed by atoms with Crippen molar-refractivity contribution in [2.24, 2.45) is 5.73 Å². The molecule has 1 heterocycles. The molecule has 0 aliphatic carbocycles. The third kappa shape index (κ3) is 6.86. The summed E-state index contributed by atoms with van der Waals surface area (Å²) in [6, 6.07) is 17.2. The van der Waals surface area contributed by atoms with Gasteiger partial charge < -0.3 is 20.7 Å². The molecule has 3 aromatic rings. The fraction of sp³-hybridized carbons (Fsp3) is 0.323. The van der Waals surface area contributed by atoms with Gasteiger partial charge in [0.2, 0.25) is 0 Å². The standard InChI is InChI=1S/C31H34ClN3O4S/c1-19-7-4-5-8-23(19)29(36)34-22-11-12-24(20(2)17-22)30(37)35-15-6-9-28(25-18-21(32)10-13-27(25)35)39-31(38)26(33)14-16-40-3/h4-5,7-8,10-13,17-18,26,28H,6,9,14-16,33H2,1-3H3,(H,34,36)/t26-,28?/m0/s1. The highest BCUT2D eigenvalue weighted by atomic mass is 35.5. The maximum absolute atomic E-state index is 13.9. The minimum absolute atomic E-state index is 0.179. The van der Waals surface area contributed by atoms with Gasteiger partial charge in [-0.1, -0.05) is 29.8 Å². The number of nitrogens with two attached hydrogens (primary N) is 1. The lowest BCUT2D eigenvalue weighted by molar-refractivity contribution is -0.151. The van der Waals surface area contributed by atoms with Crippen molar-refractivity contribution in [1.82, 2.24) is 0 Å². The van der Waals surface area contributed by atoms with Crippen molar-refractivity contribution in [1.29, 1.82) is 0 Å². The van der Waals surface area contributed by atoms with Crippen LogP contribution in [0.5, 0.6) is 0 Å². The number of benzene rings is 3. The third-order valence-corrected chi connectivity index (χ3v) is 7.90. The Balaban J connectivity index is 1.56. The summed E-state index contributed by atoms with van der Waals surface area (Å²) in [5, 5.41) is 3.42. The number of hydrogen-bond acceptors (Lipinski definition) is 6. The van der Waals surface area contributed by atoms with Crippen LogP contribution in [0.25, 0.3) is 0 Å². The second-order valence-corrected chi connectivity index (χ2v) is 11.3. The van der Waals surface area contributed by atoms with Crippen molar-refractivity contribution < 1.29 is 19.1 Å². The van der Waals surface area contributed by atoms with E-state index in [2.05, 4.69) is 5.32 Å². The van der Waals surface area contributed by atoms with Crippen LogP contribution in [0.4, 0.5) is 11.4 Å². The van der Waals surface area contributed by atoms with Gasteiger partial charge in [-0.3, -0.25) is 14.4 Å². The molecule has 4 rings (SSSR count). The van der Waals surface area contributed by atoms with E-state index in [1.807, 2.05) is 38.3 Å². The summed E-state index contributed by atoms with van der Waals surface area (Å²) >= 11 is 7.96. The van der Waals surface area contributed by atoms with E-state index in [0.717, 1.165) is 16.9 Å². The van der Waals surface area contributed by atoms with Crippen LogP contribution < -0.4 is 16.0 Å². The number of hydrogen-bond donors (Lipinski definition) is 2. The summed E-state index contributed by atoms with van der Waals surface area (Å²) in [5.74, 6) is -0.0756. The first-order valence-corrected chi connectivity index (χ1v) is 15.0. The van der Waals surface area contributed by atoms with Crippen molar-refractivity contribution >= 4 is 52.5 Å². The first-order chi connectivity index (χ1) is 19.2. The van der Waals surface area contributed by atoms with Crippen molar-refractivity contribution in [3.8, 4) is 0 Å².